The van der Waals surface area contributed by atoms with Crippen molar-refractivity contribution in [3.63, 3.8) is 0 Å². The molecule has 0 radical (unpaired) electrons. The summed E-state index contributed by atoms with van der Waals surface area (Å²) in [5, 5.41) is 7.39. The molecule has 0 bridgehead atoms. The Bertz CT molecular complexity index is 707. The van der Waals surface area contributed by atoms with Crippen LogP contribution in [-0.4, -0.2) is 19.6 Å². The molecule has 1 atom stereocenters. The van der Waals surface area contributed by atoms with Crippen molar-refractivity contribution in [1.82, 2.24) is 5.32 Å². The number of hydrogen-bond donors (Lipinski definition) is 2. The predicted octanol–water partition coefficient (Wildman–Crippen LogP) is 4.68. The zero-order chi connectivity index (χ0) is 17.5. The fourth-order valence-electron chi connectivity index (χ4n) is 2.30. The molecule has 0 saturated carbocycles. The minimum atomic E-state index is -0.100. The summed E-state index contributed by atoms with van der Waals surface area (Å²) in [7, 11) is 1.59. The van der Waals surface area contributed by atoms with E-state index < -0.39 is 0 Å². The Morgan fingerprint density at radius 1 is 1.17 bits per heavy atom. The van der Waals surface area contributed by atoms with Crippen molar-refractivity contribution in [2.75, 3.05) is 19.0 Å². The van der Waals surface area contributed by atoms with Crippen molar-refractivity contribution in [2.45, 2.75) is 19.4 Å². The highest BCUT2D eigenvalue weighted by atomic mass is 35.5. The van der Waals surface area contributed by atoms with Gasteiger partial charge in [0.2, 0.25) is 5.91 Å². The number of halogens is 2. The van der Waals surface area contributed by atoms with Gasteiger partial charge in [0, 0.05) is 23.0 Å². The lowest BCUT2D eigenvalue weighted by Crippen LogP contribution is -2.28. The van der Waals surface area contributed by atoms with Gasteiger partial charge in [-0.05, 0) is 42.8 Å². The maximum Gasteiger partial charge on any atom is 0.222 e. The van der Waals surface area contributed by atoms with Gasteiger partial charge in [-0.15, -0.1) is 0 Å². The van der Waals surface area contributed by atoms with E-state index in [-0.39, 0.29) is 11.9 Å². The van der Waals surface area contributed by atoms with Crippen molar-refractivity contribution in [1.29, 1.82) is 0 Å². The number of rotatable bonds is 7. The van der Waals surface area contributed by atoms with Crippen LogP contribution in [0.5, 0.6) is 5.75 Å². The molecule has 2 aromatic rings. The van der Waals surface area contributed by atoms with Crippen molar-refractivity contribution < 1.29 is 9.53 Å². The minimum absolute atomic E-state index is 0.0454. The zero-order valence-electron chi connectivity index (χ0n) is 13.6. The third-order valence-corrected chi connectivity index (χ3v) is 4.03. The van der Waals surface area contributed by atoms with E-state index in [1.54, 1.807) is 25.3 Å². The van der Waals surface area contributed by atoms with Gasteiger partial charge in [0.15, 0.2) is 0 Å². The topological polar surface area (TPSA) is 50.4 Å². The summed E-state index contributed by atoms with van der Waals surface area (Å²) in [5.74, 6) is 0.642. The number of carbonyl (C=O) groups excluding carboxylic acids is 1. The van der Waals surface area contributed by atoms with E-state index in [1.165, 1.54) is 0 Å². The van der Waals surface area contributed by atoms with Gasteiger partial charge in [0.05, 0.1) is 18.8 Å². The van der Waals surface area contributed by atoms with Crippen LogP contribution >= 0.6 is 23.2 Å². The SMILES string of the molecule is COc1ccc(Cl)cc1NCCC(=O)NC(C)c1cccc(Cl)c1. The predicted molar refractivity (Wildman–Crippen MR) is 99.1 cm³/mol. The average Bonchev–Trinajstić information content (AvgIpc) is 2.55. The van der Waals surface area contributed by atoms with Gasteiger partial charge >= 0.3 is 0 Å². The molecule has 2 aromatic carbocycles. The highest BCUT2D eigenvalue weighted by Gasteiger charge is 2.10. The van der Waals surface area contributed by atoms with Crippen LogP contribution in [0.15, 0.2) is 42.5 Å². The fourth-order valence-corrected chi connectivity index (χ4v) is 2.67. The molecule has 2 N–H and O–H groups in total. The first-order chi connectivity index (χ1) is 11.5. The molecule has 2 rings (SSSR count). The largest absolute Gasteiger partial charge is 0.495 e. The van der Waals surface area contributed by atoms with Crippen LogP contribution < -0.4 is 15.4 Å². The Morgan fingerprint density at radius 2 is 1.92 bits per heavy atom. The second-order valence-corrected chi connectivity index (χ2v) is 6.24. The quantitative estimate of drug-likeness (QED) is 0.747. The van der Waals surface area contributed by atoms with Crippen molar-refractivity contribution >= 4 is 34.8 Å². The number of nitrogens with one attached hydrogen (secondary N) is 2. The lowest BCUT2D eigenvalue weighted by atomic mass is 10.1. The van der Waals surface area contributed by atoms with Gasteiger partial charge in [0.1, 0.15) is 5.75 Å². The normalized spacial score (nSPS) is 11.7. The first kappa shape index (κ1) is 18.4. The smallest absolute Gasteiger partial charge is 0.222 e. The van der Waals surface area contributed by atoms with E-state index in [2.05, 4.69) is 10.6 Å². The molecule has 0 aliphatic heterocycles. The summed E-state index contributed by atoms with van der Waals surface area (Å²) >= 11 is 12.0. The first-order valence-electron chi connectivity index (χ1n) is 7.62. The molecule has 0 spiro atoms. The minimum Gasteiger partial charge on any atom is -0.495 e. The monoisotopic (exact) mass is 366 g/mol. The van der Waals surface area contributed by atoms with Gasteiger partial charge in [-0.25, -0.2) is 0 Å². The van der Waals surface area contributed by atoms with Gasteiger partial charge in [-0.1, -0.05) is 35.3 Å². The summed E-state index contributed by atoms with van der Waals surface area (Å²) in [6.45, 7) is 2.40. The van der Waals surface area contributed by atoms with E-state index in [1.807, 2.05) is 31.2 Å². The molecular formula is C18H20Cl2N2O2. The first-order valence-corrected chi connectivity index (χ1v) is 8.37. The van der Waals surface area contributed by atoms with Crippen LogP contribution in [0, 0.1) is 0 Å². The Morgan fingerprint density at radius 3 is 2.62 bits per heavy atom. The summed E-state index contributed by atoms with van der Waals surface area (Å²) < 4.78 is 5.26. The Labute approximate surface area is 152 Å². The number of ether oxygens (including phenoxy) is 1. The van der Waals surface area contributed by atoms with E-state index in [0.29, 0.717) is 28.8 Å². The van der Waals surface area contributed by atoms with Crippen LogP contribution in [0.4, 0.5) is 5.69 Å². The molecule has 0 aromatic heterocycles. The average molecular weight is 367 g/mol. The van der Waals surface area contributed by atoms with Crippen molar-refractivity contribution in [2.24, 2.45) is 0 Å². The van der Waals surface area contributed by atoms with E-state index in [0.717, 1.165) is 11.3 Å². The van der Waals surface area contributed by atoms with Crippen LogP contribution in [0.2, 0.25) is 10.0 Å². The number of benzene rings is 2. The summed E-state index contributed by atoms with van der Waals surface area (Å²) in [6.07, 6.45) is 0.334. The Balaban J connectivity index is 1.84. The molecule has 128 valence electrons. The fraction of sp³-hybridized carbons (Fsp3) is 0.278. The van der Waals surface area contributed by atoms with Crippen LogP contribution in [0.25, 0.3) is 0 Å². The maximum absolute atomic E-state index is 12.1. The van der Waals surface area contributed by atoms with Gasteiger partial charge < -0.3 is 15.4 Å². The summed E-state index contributed by atoms with van der Waals surface area (Å²) in [5.41, 5.74) is 1.74. The standard InChI is InChI=1S/C18H20Cl2N2O2/c1-12(13-4-3-5-14(19)10-13)22-18(23)8-9-21-16-11-15(20)6-7-17(16)24-2/h3-7,10-12,21H,8-9H2,1-2H3,(H,22,23). The second-order valence-electron chi connectivity index (χ2n) is 5.37. The molecule has 1 amide bonds. The van der Waals surface area contributed by atoms with E-state index in [4.69, 9.17) is 27.9 Å². The number of methoxy groups -OCH3 is 1. The second kappa shape index (κ2) is 8.81. The Hall–Kier alpha value is -1.91. The Kier molecular flexibility index (Phi) is 6.76. The molecule has 24 heavy (non-hydrogen) atoms. The highest BCUT2D eigenvalue weighted by molar-refractivity contribution is 6.31. The van der Waals surface area contributed by atoms with Gasteiger partial charge in [-0.2, -0.15) is 0 Å². The molecule has 4 nitrogen and oxygen atoms in total. The van der Waals surface area contributed by atoms with Crippen LogP contribution in [-0.2, 0) is 4.79 Å². The molecule has 0 aliphatic carbocycles. The molecule has 0 fully saturated rings. The third kappa shape index (κ3) is 5.32. The van der Waals surface area contributed by atoms with Gasteiger partial charge in [0.25, 0.3) is 0 Å². The number of amides is 1. The third-order valence-electron chi connectivity index (χ3n) is 3.56. The molecule has 6 heteroatoms. The maximum atomic E-state index is 12.1. The zero-order valence-corrected chi connectivity index (χ0v) is 15.1. The highest BCUT2D eigenvalue weighted by Crippen LogP contribution is 2.27. The van der Waals surface area contributed by atoms with Crippen molar-refractivity contribution in [3.8, 4) is 5.75 Å². The van der Waals surface area contributed by atoms with Crippen molar-refractivity contribution in [3.05, 3.63) is 58.1 Å². The molecule has 1 unspecified atom stereocenters. The lowest BCUT2D eigenvalue weighted by Gasteiger charge is -2.15. The van der Waals surface area contributed by atoms with E-state index >= 15 is 0 Å². The van der Waals surface area contributed by atoms with E-state index in [9.17, 15) is 4.79 Å². The van der Waals surface area contributed by atoms with Crippen LogP contribution in [0.3, 0.4) is 0 Å². The summed E-state index contributed by atoms with van der Waals surface area (Å²) in [6, 6.07) is 12.7. The number of hydrogen-bond acceptors (Lipinski definition) is 3. The molecule has 0 saturated heterocycles. The molecule has 0 heterocycles. The molecular weight excluding hydrogens is 347 g/mol. The molecule has 0 aliphatic rings. The van der Waals surface area contributed by atoms with Gasteiger partial charge in [-0.3, -0.25) is 4.79 Å². The summed E-state index contributed by atoms with van der Waals surface area (Å²) in [4.78, 5) is 12.1. The lowest BCUT2D eigenvalue weighted by molar-refractivity contribution is -0.121. The number of carbonyl (C=O) groups is 1. The number of anilines is 1. The van der Waals surface area contributed by atoms with Crippen LogP contribution in [0.1, 0.15) is 24.9 Å².